The first-order valence-corrected chi connectivity index (χ1v) is 5.07. The van der Waals surface area contributed by atoms with Gasteiger partial charge in [-0.15, -0.1) is 0 Å². The average Bonchev–Trinajstić information content (AvgIpc) is 2.30. The molecule has 0 radical (unpaired) electrons. The number of carboxylic acid groups (broad SMARTS) is 1. The minimum atomic E-state index is -1.08. The van der Waals surface area contributed by atoms with Crippen LogP contribution in [0, 0.1) is 0 Å². The van der Waals surface area contributed by atoms with Crippen molar-refractivity contribution in [3.8, 4) is 0 Å². The summed E-state index contributed by atoms with van der Waals surface area (Å²) < 4.78 is 0. The van der Waals surface area contributed by atoms with Crippen molar-refractivity contribution in [1.82, 2.24) is 9.97 Å². The number of piperidine rings is 1. The van der Waals surface area contributed by atoms with E-state index in [2.05, 4.69) is 14.9 Å². The van der Waals surface area contributed by atoms with E-state index in [0.717, 1.165) is 18.8 Å². The molecule has 0 aromatic carbocycles. The zero-order valence-corrected chi connectivity index (χ0v) is 8.39. The van der Waals surface area contributed by atoms with Crippen LogP contribution in [0.5, 0.6) is 0 Å². The highest BCUT2D eigenvalue weighted by Gasteiger charge is 2.12. The smallest absolute Gasteiger partial charge is 0.373 e. The van der Waals surface area contributed by atoms with E-state index < -0.39 is 5.97 Å². The molecule has 0 saturated carbocycles. The molecule has 2 rings (SSSR count). The minimum absolute atomic E-state index is 0.143. The molecule has 1 N–H and O–H groups in total. The Bertz CT molecular complexity index is 344. The summed E-state index contributed by atoms with van der Waals surface area (Å²) in [5, 5.41) is 8.65. The van der Waals surface area contributed by atoms with E-state index in [1.807, 2.05) is 0 Å². The quantitative estimate of drug-likeness (QED) is 0.788. The van der Waals surface area contributed by atoms with Gasteiger partial charge in [0.25, 0.3) is 0 Å². The molecule has 2 heterocycles. The second-order valence-electron chi connectivity index (χ2n) is 3.62. The third-order valence-electron chi connectivity index (χ3n) is 2.55. The number of carboxylic acids is 1. The van der Waals surface area contributed by atoms with Gasteiger partial charge in [0, 0.05) is 13.1 Å². The Kier molecular flexibility index (Phi) is 2.80. The summed E-state index contributed by atoms with van der Waals surface area (Å²) in [6.45, 7) is 2.02. The molecule has 1 aromatic heterocycles. The van der Waals surface area contributed by atoms with Crippen LogP contribution in [-0.2, 0) is 0 Å². The third-order valence-corrected chi connectivity index (χ3v) is 2.55. The molecule has 1 aliphatic rings. The molecular formula is C10H13N3O2. The maximum absolute atomic E-state index is 10.5. The Labute approximate surface area is 87.8 Å². The molecular weight excluding hydrogens is 194 g/mol. The van der Waals surface area contributed by atoms with Gasteiger partial charge in [-0.05, 0) is 19.3 Å². The van der Waals surface area contributed by atoms with E-state index >= 15 is 0 Å². The molecule has 1 aromatic rings. The van der Waals surface area contributed by atoms with E-state index in [-0.39, 0.29) is 5.82 Å². The van der Waals surface area contributed by atoms with Crippen molar-refractivity contribution in [3.63, 3.8) is 0 Å². The van der Waals surface area contributed by atoms with Crippen LogP contribution in [0.2, 0.25) is 0 Å². The first kappa shape index (κ1) is 9.89. The van der Waals surface area contributed by atoms with Crippen LogP contribution in [0.25, 0.3) is 0 Å². The monoisotopic (exact) mass is 207 g/mol. The largest absolute Gasteiger partial charge is 0.475 e. The number of hydrogen-bond donors (Lipinski definition) is 1. The van der Waals surface area contributed by atoms with Crippen molar-refractivity contribution < 1.29 is 9.90 Å². The lowest BCUT2D eigenvalue weighted by molar-refractivity contribution is 0.0683. The Balaban J connectivity index is 2.11. The molecule has 0 unspecified atom stereocenters. The van der Waals surface area contributed by atoms with Crippen molar-refractivity contribution in [1.29, 1.82) is 0 Å². The Morgan fingerprint density at radius 3 is 2.33 bits per heavy atom. The second-order valence-corrected chi connectivity index (χ2v) is 3.62. The third kappa shape index (κ3) is 2.23. The van der Waals surface area contributed by atoms with Crippen molar-refractivity contribution in [2.24, 2.45) is 0 Å². The van der Waals surface area contributed by atoms with Crippen LogP contribution in [0.1, 0.15) is 29.9 Å². The fraction of sp³-hybridized carbons (Fsp3) is 0.500. The van der Waals surface area contributed by atoms with Gasteiger partial charge in [0.05, 0.1) is 18.1 Å². The lowest BCUT2D eigenvalue weighted by Crippen LogP contribution is -2.29. The minimum Gasteiger partial charge on any atom is -0.475 e. The molecule has 1 fully saturated rings. The van der Waals surface area contributed by atoms with Crippen molar-refractivity contribution >= 4 is 11.7 Å². The van der Waals surface area contributed by atoms with Gasteiger partial charge in [-0.2, -0.15) is 0 Å². The lowest BCUT2D eigenvalue weighted by Gasteiger charge is -2.27. The summed E-state index contributed by atoms with van der Waals surface area (Å²) in [5.41, 5.74) is 0.916. The normalized spacial score (nSPS) is 16.4. The molecule has 1 saturated heterocycles. The SMILES string of the molecule is O=C(O)c1ncc(N2CCCCC2)cn1. The summed E-state index contributed by atoms with van der Waals surface area (Å²) in [5.74, 6) is -1.23. The Morgan fingerprint density at radius 1 is 1.20 bits per heavy atom. The van der Waals surface area contributed by atoms with Gasteiger partial charge in [0.1, 0.15) is 0 Å². The molecule has 0 bridgehead atoms. The standard InChI is InChI=1S/C10H13N3O2/c14-10(15)9-11-6-8(7-12-9)13-4-2-1-3-5-13/h6-7H,1-5H2,(H,14,15). The van der Waals surface area contributed by atoms with Crippen LogP contribution < -0.4 is 4.90 Å². The van der Waals surface area contributed by atoms with Crippen LogP contribution in [-0.4, -0.2) is 34.1 Å². The highest BCUT2D eigenvalue weighted by atomic mass is 16.4. The van der Waals surface area contributed by atoms with Crippen LogP contribution in [0.15, 0.2) is 12.4 Å². The molecule has 1 aliphatic heterocycles. The van der Waals surface area contributed by atoms with E-state index in [1.165, 1.54) is 19.3 Å². The zero-order chi connectivity index (χ0) is 10.7. The van der Waals surface area contributed by atoms with E-state index in [0.29, 0.717) is 0 Å². The lowest BCUT2D eigenvalue weighted by atomic mass is 10.1. The first-order chi connectivity index (χ1) is 7.27. The zero-order valence-electron chi connectivity index (χ0n) is 8.39. The molecule has 80 valence electrons. The Morgan fingerprint density at radius 2 is 1.80 bits per heavy atom. The number of anilines is 1. The van der Waals surface area contributed by atoms with Crippen molar-refractivity contribution in [2.45, 2.75) is 19.3 Å². The molecule has 15 heavy (non-hydrogen) atoms. The highest BCUT2D eigenvalue weighted by molar-refractivity contribution is 5.83. The number of aromatic nitrogens is 2. The predicted octanol–water partition coefficient (Wildman–Crippen LogP) is 1.17. The van der Waals surface area contributed by atoms with E-state index in [9.17, 15) is 4.79 Å². The summed E-state index contributed by atoms with van der Waals surface area (Å²) in [6, 6.07) is 0. The average molecular weight is 207 g/mol. The maximum Gasteiger partial charge on any atom is 0.373 e. The summed E-state index contributed by atoms with van der Waals surface area (Å²) in [7, 11) is 0. The van der Waals surface area contributed by atoms with Gasteiger partial charge in [-0.25, -0.2) is 14.8 Å². The molecule has 0 aliphatic carbocycles. The molecule has 0 spiro atoms. The molecule has 0 atom stereocenters. The van der Waals surface area contributed by atoms with Crippen LogP contribution >= 0.6 is 0 Å². The predicted molar refractivity (Wildman–Crippen MR) is 55.1 cm³/mol. The van der Waals surface area contributed by atoms with Crippen LogP contribution in [0.4, 0.5) is 5.69 Å². The Hall–Kier alpha value is -1.65. The van der Waals surface area contributed by atoms with Gasteiger partial charge in [-0.1, -0.05) is 0 Å². The fourth-order valence-corrected chi connectivity index (χ4v) is 1.75. The second kappa shape index (κ2) is 4.25. The number of rotatable bonds is 2. The molecule has 5 nitrogen and oxygen atoms in total. The number of hydrogen-bond acceptors (Lipinski definition) is 4. The van der Waals surface area contributed by atoms with Crippen molar-refractivity contribution in [3.05, 3.63) is 18.2 Å². The van der Waals surface area contributed by atoms with Gasteiger partial charge in [-0.3, -0.25) is 0 Å². The van der Waals surface area contributed by atoms with Gasteiger partial charge in [0.15, 0.2) is 0 Å². The summed E-state index contributed by atoms with van der Waals surface area (Å²) >= 11 is 0. The topological polar surface area (TPSA) is 66.3 Å². The number of aromatic carboxylic acids is 1. The maximum atomic E-state index is 10.5. The fourth-order valence-electron chi connectivity index (χ4n) is 1.75. The highest BCUT2D eigenvalue weighted by Crippen LogP contribution is 2.17. The molecule has 5 heteroatoms. The van der Waals surface area contributed by atoms with Gasteiger partial charge in [0.2, 0.25) is 5.82 Å². The van der Waals surface area contributed by atoms with E-state index in [1.54, 1.807) is 12.4 Å². The number of carbonyl (C=O) groups is 1. The van der Waals surface area contributed by atoms with Gasteiger partial charge < -0.3 is 10.0 Å². The van der Waals surface area contributed by atoms with Gasteiger partial charge >= 0.3 is 5.97 Å². The first-order valence-electron chi connectivity index (χ1n) is 5.07. The van der Waals surface area contributed by atoms with Crippen LogP contribution in [0.3, 0.4) is 0 Å². The summed E-state index contributed by atoms with van der Waals surface area (Å²) in [6.07, 6.45) is 6.80. The van der Waals surface area contributed by atoms with E-state index in [4.69, 9.17) is 5.11 Å². The summed E-state index contributed by atoms with van der Waals surface area (Å²) in [4.78, 5) is 20.3. The number of nitrogens with zero attached hydrogens (tertiary/aromatic N) is 3. The van der Waals surface area contributed by atoms with Crippen molar-refractivity contribution in [2.75, 3.05) is 18.0 Å². The molecule has 0 amide bonds.